The Morgan fingerprint density at radius 1 is 1.15 bits per heavy atom. The van der Waals surface area contributed by atoms with Crippen LogP contribution in [-0.4, -0.2) is 54.8 Å². The lowest BCUT2D eigenvalue weighted by molar-refractivity contribution is -0.145. The molecule has 0 saturated carbocycles. The van der Waals surface area contributed by atoms with Gasteiger partial charge in [0.25, 0.3) is 5.91 Å². The second-order valence-corrected chi connectivity index (χ2v) is 5.43. The quantitative estimate of drug-likeness (QED) is 0.483. The van der Waals surface area contributed by atoms with E-state index < -0.39 is 35.2 Å². The van der Waals surface area contributed by atoms with Gasteiger partial charge in [0, 0.05) is 19.8 Å². The molecule has 1 aliphatic rings. The molecule has 0 unspecified atom stereocenters. The molecule has 2 rings (SSSR count). The molecule has 1 aromatic carbocycles. The van der Waals surface area contributed by atoms with E-state index in [2.05, 4.69) is 5.32 Å². The zero-order chi connectivity index (χ0) is 19.4. The maximum Gasteiger partial charge on any atom is 0.332 e. The Bertz CT molecular complexity index is 814. The van der Waals surface area contributed by atoms with Crippen LogP contribution in [-0.2, 0) is 14.4 Å². The number of hydrogen-bond acceptors (Lipinski definition) is 6. The maximum absolute atomic E-state index is 12.3. The maximum atomic E-state index is 12.3. The summed E-state index contributed by atoms with van der Waals surface area (Å²) >= 11 is 0. The molecule has 1 heterocycles. The van der Waals surface area contributed by atoms with Crippen molar-refractivity contribution in [2.45, 2.75) is 0 Å². The zero-order valence-electron chi connectivity index (χ0n) is 14.3. The summed E-state index contributed by atoms with van der Waals surface area (Å²) in [6.45, 7) is 0. The van der Waals surface area contributed by atoms with Gasteiger partial charge in [0.2, 0.25) is 11.8 Å². The molecule has 0 atom stereocenters. The van der Waals surface area contributed by atoms with Crippen LogP contribution in [0.4, 0.5) is 10.5 Å². The Labute approximate surface area is 149 Å². The molecule has 9 nitrogen and oxygen atoms in total. The topological polar surface area (TPSA) is 120 Å². The molecule has 26 heavy (non-hydrogen) atoms. The lowest BCUT2D eigenvalue weighted by atomic mass is 10.0. The summed E-state index contributed by atoms with van der Waals surface area (Å²) in [6, 6.07) is 7.28. The first-order chi connectivity index (χ1) is 12.3. The van der Waals surface area contributed by atoms with E-state index in [0.717, 1.165) is 15.9 Å². The number of ether oxygens (including phenoxy) is 1. The number of carbonyl (C=O) groups excluding carboxylic acids is 4. The van der Waals surface area contributed by atoms with Crippen molar-refractivity contribution >= 4 is 29.4 Å². The smallest absolute Gasteiger partial charge is 0.332 e. The number of carbonyl (C=O) groups is 4. The minimum Gasteiger partial charge on any atom is -0.497 e. The standard InChI is InChI=1S/C17H16N4O5/c1-20-15(23)13(16(24)21(2)17(20)25)8-10(9-18)14(22)19-11-4-6-12(26-3)7-5-11/h4-8,13H,1-3H3,(H,19,22)/b10-8+. The number of imide groups is 2. The van der Waals surface area contributed by atoms with Crippen molar-refractivity contribution in [2.75, 3.05) is 26.5 Å². The molecule has 134 valence electrons. The van der Waals surface area contributed by atoms with Gasteiger partial charge in [-0.3, -0.25) is 24.2 Å². The Morgan fingerprint density at radius 3 is 2.15 bits per heavy atom. The van der Waals surface area contributed by atoms with Crippen LogP contribution < -0.4 is 10.1 Å². The van der Waals surface area contributed by atoms with Crippen molar-refractivity contribution in [3.8, 4) is 11.8 Å². The van der Waals surface area contributed by atoms with Gasteiger partial charge in [-0.1, -0.05) is 0 Å². The van der Waals surface area contributed by atoms with Crippen molar-refractivity contribution in [3.05, 3.63) is 35.9 Å². The lowest BCUT2D eigenvalue weighted by Crippen LogP contribution is -2.56. The first-order valence-corrected chi connectivity index (χ1v) is 7.46. The van der Waals surface area contributed by atoms with E-state index in [1.54, 1.807) is 30.3 Å². The summed E-state index contributed by atoms with van der Waals surface area (Å²) in [5, 5.41) is 11.7. The first kappa shape index (κ1) is 18.7. The van der Waals surface area contributed by atoms with Gasteiger partial charge in [-0.05, 0) is 30.3 Å². The number of nitriles is 1. The molecule has 1 aromatic rings. The molecular weight excluding hydrogens is 340 g/mol. The van der Waals surface area contributed by atoms with Crippen LogP contribution in [0.25, 0.3) is 0 Å². The summed E-state index contributed by atoms with van der Waals surface area (Å²) in [4.78, 5) is 49.8. The Hall–Kier alpha value is -3.67. The monoisotopic (exact) mass is 356 g/mol. The van der Waals surface area contributed by atoms with Gasteiger partial charge in [0.05, 0.1) is 7.11 Å². The van der Waals surface area contributed by atoms with E-state index in [4.69, 9.17) is 4.74 Å². The van der Waals surface area contributed by atoms with Crippen molar-refractivity contribution in [2.24, 2.45) is 5.92 Å². The highest BCUT2D eigenvalue weighted by Gasteiger charge is 2.41. The van der Waals surface area contributed by atoms with Crippen LogP contribution in [0.15, 0.2) is 35.9 Å². The van der Waals surface area contributed by atoms with Gasteiger partial charge in [0.1, 0.15) is 23.3 Å². The van der Waals surface area contributed by atoms with Crippen molar-refractivity contribution < 1.29 is 23.9 Å². The summed E-state index contributed by atoms with van der Waals surface area (Å²) < 4.78 is 5.01. The van der Waals surface area contributed by atoms with E-state index in [1.807, 2.05) is 0 Å². The van der Waals surface area contributed by atoms with Crippen LogP contribution >= 0.6 is 0 Å². The average Bonchev–Trinajstić information content (AvgIpc) is 2.65. The van der Waals surface area contributed by atoms with Gasteiger partial charge in [-0.25, -0.2) is 4.79 Å². The number of nitrogens with zero attached hydrogens (tertiary/aromatic N) is 3. The Morgan fingerprint density at radius 2 is 1.69 bits per heavy atom. The molecule has 0 radical (unpaired) electrons. The molecular formula is C17H16N4O5. The fourth-order valence-electron chi connectivity index (χ4n) is 2.28. The lowest BCUT2D eigenvalue weighted by Gasteiger charge is -2.31. The molecule has 1 saturated heterocycles. The second kappa shape index (κ2) is 7.48. The molecule has 1 fully saturated rings. The molecule has 0 spiro atoms. The Kier molecular flexibility index (Phi) is 5.37. The number of benzene rings is 1. The number of rotatable bonds is 4. The first-order valence-electron chi connectivity index (χ1n) is 7.46. The van der Waals surface area contributed by atoms with Crippen molar-refractivity contribution in [1.82, 2.24) is 9.80 Å². The minimum atomic E-state index is -1.42. The van der Waals surface area contributed by atoms with Gasteiger partial charge < -0.3 is 10.1 Å². The van der Waals surface area contributed by atoms with E-state index in [9.17, 15) is 24.4 Å². The normalized spacial score (nSPS) is 15.8. The fraction of sp³-hybridized carbons (Fsp3) is 0.235. The highest BCUT2D eigenvalue weighted by molar-refractivity contribution is 6.18. The highest BCUT2D eigenvalue weighted by atomic mass is 16.5. The van der Waals surface area contributed by atoms with Crippen LogP contribution in [0.5, 0.6) is 5.75 Å². The summed E-state index contributed by atoms with van der Waals surface area (Å²) in [5.41, 5.74) is -0.00803. The van der Waals surface area contributed by atoms with E-state index in [0.29, 0.717) is 11.4 Å². The predicted octanol–water partition coefficient (Wildman–Crippen LogP) is 0.750. The van der Waals surface area contributed by atoms with Crippen LogP contribution in [0.1, 0.15) is 0 Å². The minimum absolute atomic E-state index is 0.405. The van der Waals surface area contributed by atoms with E-state index in [1.165, 1.54) is 21.2 Å². The summed E-state index contributed by atoms with van der Waals surface area (Å²) in [5.74, 6) is -3.21. The summed E-state index contributed by atoms with van der Waals surface area (Å²) in [6.07, 6.45) is 0.961. The van der Waals surface area contributed by atoms with Crippen LogP contribution in [0, 0.1) is 17.2 Å². The highest BCUT2D eigenvalue weighted by Crippen LogP contribution is 2.19. The summed E-state index contributed by atoms with van der Waals surface area (Å²) in [7, 11) is 3.94. The number of amides is 5. The molecule has 0 aliphatic carbocycles. The number of urea groups is 1. The van der Waals surface area contributed by atoms with Crippen molar-refractivity contribution in [3.63, 3.8) is 0 Å². The third kappa shape index (κ3) is 3.54. The van der Waals surface area contributed by atoms with Gasteiger partial charge in [-0.15, -0.1) is 0 Å². The molecule has 0 aromatic heterocycles. The van der Waals surface area contributed by atoms with E-state index in [-0.39, 0.29) is 0 Å². The number of barbiturate groups is 1. The molecule has 1 aliphatic heterocycles. The van der Waals surface area contributed by atoms with Gasteiger partial charge in [-0.2, -0.15) is 5.26 Å². The molecule has 5 amide bonds. The number of hydrogen-bond donors (Lipinski definition) is 1. The SMILES string of the molecule is COc1ccc(NC(=O)/C(C#N)=C/C2C(=O)N(C)C(=O)N(C)C2=O)cc1. The van der Waals surface area contributed by atoms with Crippen LogP contribution in [0.3, 0.4) is 0 Å². The van der Waals surface area contributed by atoms with Crippen molar-refractivity contribution in [1.29, 1.82) is 5.26 Å². The van der Waals surface area contributed by atoms with E-state index >= 15 is 0 Å². The van der Waals surface area contributed by atoms with Crippen LogP contribution in [0.2, 0.25) is 0 Å². The zero-order valence-corrected chi connectivity index (χ0v) is 14.3. The fourth-order valence-corrected chi connectivity index (χ4v) is 2.28. The average molecular weight is 356 g/mol. The second-order valence-electron chi connectivity index (χ2n) is 5.43. The third-order valence-electron chi connectivity index (χ3n) is 3.81. The number of methoxy groups -OCH3 is 1. The number of nitrogens with one attached hydrogen (secondary N) is 1. The molecule has 9 heteroatoms. The number of anilines is 1. The van der Waals surface area contributed by atoms with Gasteiger partial charge in [0.15, 0.2) is 0 Å². The van der Waals surface area contributed by atoms with Gasteiger partial charge >= 0.3 is 6.03 Å². The third-order valence-corrected chi connectivity index (χ3v) is 3.81. The largest absolute Gasteiger partial charge is 0.497 e. The molecule has 0 bridgehead atoms. The molecule has 1 N–H and O–H groups in total. The Balaban J connectivity index is 2.24. The predicted molar refractivity (Wildman–Crippen MR) is 89.7 cm³/mol.